The number of anilines is 5. The Morgan fingerprint density at radius 2 is 0.787 bits per heavy atom. The van der Waals surface area contributed by atoms with E-state index in [1.54, 1.807) is 33.9 Å². The summed E-state index contributed by atoms with van der Waals surface area (Å²) >= 11 is 0. The van der Waals surface area contributed by atoms with Gasteiger partial charge in [0.25, 0.3) is 0 Å². The largest absolute Gasteiger partial charge is 0.382 e. The summed E-state index contributed by atoms with van der Waals surface area (Å²) in [7, 11) is 0. The zero-order chi connectivity index (χ0) is 96.2. The van der Waals surface area contributed by atoms with Gasteiger partial charge in [-0.25, -0.2) is 63.6 Å². The molecule has 6 fully saturated rings. The van der Waals surface area contributed by atoms with Gasteiger partial charge in [0, 0.05) is 126 Å². The Bertz CT molecular complexity index is 8220. The van der Waals surface area contributed by atoms with Crippen LogP contribution in [0.3, 0.4) is 0 Å². The third kappa shape index (κ3) is 17.9. The lowest BCUT2D eigenvalue weighted by Gasteiger charge is -2.22. The van der Waals surface area contributed by atoms with Crippen molar-refractivity contribution in [2.45, 2.75) is 141 Å². The van der Waals surface area contributed by atoms with Crippen molar-refractivity contribution >= 4 is 151 Å². The smallest absolute Gasteiger partial charge is 0.223 e. The van der Waals surface area contributed by atoms with Crippen molar-refractivity contribution in [3.63, 3.8) is 0 Å². The number of benzene rings is 8. The summed E-state index contributed by atoms with van der Waals surface area (Å²) in [5.41, 5.74) is 54.7. The van der Waals surface area contributed by atoms with Crippen molar-refractivity contribution in [2.75, 3.05) is 61.4 Å². The molecule has 0 spiro atoms. The molecule has 708 valence electrons. The van der Waals surface area contributed by atoms with Gasteiger partial charge in [0.1, 0.15) is 119 Å². The van der Waals surface area contributed by atoms with Gasteiger partial charge in [0.05, 0.1) is 71.2 Å². The number of H-pyrrole nitrogens is 5. The first-order chi connectivity index (χ1) is 68.7. The predicted molar refractivity (Wildman–Crippen MR) is 555 cm³/mol. The predicted octanol–water partition coefficient (Wildman–Crippen LogP) is 19.9. The number of fused-ring (bicyclic) bond motifs is 15. The summed E-state index contributed by atoms with van der Waals surface area (Å²) in [6, 6.07) is 61.3. The third-order valence-corrected chi connectivity index (χ3v) is 28.2. The number of hydrogen-bond acceptors (Lipinski definition) is 22. The molecule has 0 bridgehead atoms. The number of carbonyl (C=O) groups excluding carboxylic acids is 2. The Morgan fingerprint density at radius 1 is 0.376 bits per heavy atom. The van der Waals surface area contributed by atoms with Crippen LogP contribution >= 0.6 is 0 Å². The minimum atomic E-state index is -0.260. The number of allylic oxidation sites excluding steroid dienone is 3. The summed E-state index contributed by atoms with van der Waals surface area (Å²) in [4.78, 5) is 99.0. The second kappa shape index (κ2) is 37.9. The Balaban J connectivity index is 0.000000101. The summed E-state index contributed by atoms with van der Waals surface area (Å²) in [6.45, 7) is 21.5. The molecule has 31 nitrogen and oxygen atoms in total. The maximum atomic E-state index is 14.2. The van der Waals surface area contributed by atoms with E-state index in [0.717, 1.165) is 228 Å². The van der Waals surface area contributed by atoms with E-state index in [4.69, 9.17) is 58.6 Å². The van der Waals surface area contributed by atoms with Gasteiger partial charge >= 0.3 is 0 Å². The number of nitrogen functional groups attached to an aromatic ring is 5. The standard InChI is InChI=1S/C24H21N7O.C22H20FN5.C22H27N5.C22H21N5.C19H19N7O/c25-24-23-22(18-8-7-17(12-19(18)27-24)31-10-4-9-26-31)28-20(29-23)14-30-13-16(11-21(30)32)15-5-2-1-3-6-15;1-13-5-4-10-28(13)12-19-26-20-16-9-8-14(15-6-2-3-7-17(15)23)11-18(16)25-22(24)21(20)27-19;2*1-14-6-5-11-27(14)13-19-25-20-17-10-9-16(15-7-3-2-4-8-15)12-18(17)24-22(23)21(20)26-19;1-11(25-8-2-4-15(25)27)19-23-16-13-6-5-12(26-9-3-7-21-26)10-14(13)22-18(20)17(16)24-19/h1-10,12,16H,11,13-14H2,(H2,25,27)(H,28,29);2-3,6-9,11H,1,4-5,10,12H2,(H2,24,25)(H,26,27);9-10,12,15H,1-8,11,13H2,(H2,23,24)(H,25,26);2-4,7-10,12H,1,5-6,11,13H2,(H2,23,24)(H,25,26);3,5-7,9-11H,2,4,8H2,1H3,(H2,20,22)(H,23,24). The molecule has 5 aliphatic heterocycles. The monoisotopic (exact) mass is 1870 g/mol. The fourth-order valence-electron chi connectivity index (χ4n) is 20.8. The van der Waals surface area contributed by atoms with Gasteiger partial charge < -0.3 is 78.1 Å². The second-order valence-electron chi connectivity index (χ2n) is 37.4. The molecule has 8 aromatic carbocycles. The van der Waals surface area contributed by atoms with Gasteiger partial charge in [-0.1, -0.05) is 142 Å². The molecule has 12 aromatic heterocycles. The highest BCUT2D eigenvalue weighted by Gasteiger charge is 2.34. The van der Waals surface area contributed by atoms with Crippen molar-refractivity contribution < 1.29 is 14.0 Å². The van der Waals surface area contributed by atoms with Crippen LogP contribution in [0.5, 0.6) is 0 Å². The molecule has 1 saturated carbocycles. The number of amides is 2. The first-order valence-corrected chi connectivity index (χ1v) is 48.4. The topological polar surface area (TPSA) is 424 Å². The molecule has 1 aliphatic carbocycles. The second-order valence-corrected chi connectivity index (χ2v) is 37.4. The molecule has 26 rings (SSSR count). The van der Waals surface area contributed by atoms with E-state index in [2.05, 4.69) is 150 Å². The number of nitrogens with one attached hydrogen (secondary N) is 5. The first-order valence-electron chi connectivity index (χ1n) is 48.4. The van der Waals surface area contributed by atoms with E-state index in [1.165, 1.54) is 67.1 Å². The maximum absolute atomic E-state index is 14.2. The highest BCUT2D eigenvalue weighted by Crippen LogP contribution is 2.41. The van der Waals surface area contributed by atoms with Crippen molar-refractivity contribution in [2.24, 2.45) is 0 Å². The summed E-state index contributed by atoms with van der Waals surface area (Å²) in [6.07, 6.45) is 22.5. The number of carbonyl (C=O) groups is 2. The van der Waals surface area contributed by atoms with E-state index in [0.29, 0.717) is 95.4 Å². The average molecular weight is 1880 g/mol. The van der Waals surface area contributed by atoms with Gasteiger partial charge in [0.15, 0.2) is 0 Å². The van der Waals surface area contributed by atoms with Crippen molar-refractivity contribution in [1.29, 1.82) is 0 Å². The summed E-state index contributed by atoms with van der Waals surface area (Å²) in [5, 5.41) is 13.3. The van der Waals surface area contributed by atoms with Crippen LogP contribution in [0.15, 0.2) is 250 Å². The van der Waals surface area contributed by atoms with E-state index in [1.807, 2.05) is 138 Å². The molecule has 17 heterocycles. The summed E-state index contributed by atoms with van der Waals surface area (Å²) in [5.74, 6) is 7.25. The highest BCUT2D eigenvalue weighted by molar-refractivity contribution is 6.11. The van der Waals surface area contributed by atoms with Crippen LogP contribution < -0.4 is 28.7 Å². The third-order valence-electron chi connectivity index (χ3n) is 28.2. The number of rotatable bonds is 16. The Labute approximate surface area is 810 Å². The van der Waals surface area contributed by atoms with Gasteiger partial charge in [-0.2, -0.15) is 10.2 Å². The normalized spacial score (nSPS) is 16.0. The van der Waals surface area contributed by atoms with Gasteiger partial charge in [-0.3, -0.25) is 9.59 Å². The Kier molecular flexibility index (Phi) is 24.0. The molecule has 15 N–H and O–H groups in total. The first kappa shape index (κ1) is 89.3. The van der Waals surface area contributed by atoms with Crippen molar-refractivity contribution in [1.82, 2.24) is 119 Å². The highest BCUT2D eigenvalue weighted by atomic mass is 19.1. The van der Waals surface area contributed by atoms with Gasteiger partial charge in [-0.05, 0) is 183 Å². The summed E-state index contributed by atoms with van der Waals surface area (Å²) < 4.78 is 17.7. The molecule has 2 unspecified atom stereocenters. The SMILES string of the molecule is C=C1CCCN1Cc1nc2c([nH]1)c(N)nc1cc(-c3ccccc3)ccc12.C=C1CCCN1Cc1nc2c([nH]1)c(N)nc1cc(-c3ccccc3F)ccc12.C=C1CCCN1Cc1nc2c([nH]1)c(N)nc1cc(C3CCCCC3)ccc12.CC(c1nc2c([nH]1)c(N)nc1cc(-n3cccn3)ccc12)N1CCCC1=O.Nc1nc2cc(-n3cccn3)ccc2c2nc(CN3CC(c4ccccc4)CC3=O)[nH]c12. The maximum Gasteiger partial charge on any atom is 0.223 e. The molecule has 2 amide bonds. The zero-order valence-electron chi connectivity index (χ0n) is 78.4. The van der Waals surface area contributed by atoms with Crippen LogP contribution in [0, 0.1) is 5.82 Å². The van der Waals surface area contributed by atoms with Crippen LogP contribution in [0.2, 0.25) is 0 Å². The molecule has 5 saturated heterocycles. The zero-order valence-corrected chi connectivity index (χ0v) is 78.4. The minimum absolute atomic E-state index is 0.120. The molecular weight excluding hydrogens is 1770 g/mol. The number of pyridine rings is 5. The van der Waals surface area contributed by atoms with Crippen LogP contribution in [-0.2, 0) is 35.8 Å². The van der Waals surface area contributed by atoms with E-state index >= 15 is 0 Å². The molecule has 32 heteroatoms. The fraction of sp³-hybridized carbons (Fsp3) is 0.248. The Morgan fingerprint density at radius 3 is 1.24 bits per heavy atom. The lowest BCUT2D eigenvalue weighted by atomic mass is 9.84. The number of hydrogen-bond donors (Lipinski definition) is 10. The van der Waals surface area contributed by atoms with E-state index in [-0.39, 0.29) is 29.6 Å². The van der Waals surface area contributed by atoms with Crippen LogP contribution in [0.1, 0.15) is 155 Å². The molecule has 0 radical (unpaired) electrons. The van der Waals surface area contributed by atoms with E-state index in [9.17, 15) is 14.0 Å². The van der Waals surface area contributed by atoms with Crippen LogP contribution in [0.25, 0.3) is 143 Å². The van der Waals surface area contributed by atoms with Crippen molar-refractivity contribution in [3.05, 3.63) is 296 Å². The number of halogens is 1. The van der Waals surface area contributed by atoms with Gasteiger partial charge in [0.2, 0.25) is 11.8 Å². The quantitative estimate of drug-likeness (QED) is 0.0429. The van der Waals surface area contributed by atoms with Crippen molar-refractivity contribution in [3.8, 4) is 33.6 Å². The van der Waals surface area contributed by atoms with E-state index < -0.39 is 0 Å². The molecule has 6 aliphatic rings. The lowest BCUT2D eigenvalue weighted by molar-refractivity contribution is -0.130. The number of nitrogens with zero attached hydrogens (tertiary/aromatic N) is 19. The molecule has 2 atom stereocenters. The van der Waals surface area contributed by atoms with Crippen LogP contribution in [0.4, 0.5) is 33.5 Å². The Hall–Kier alpha value is -16.9. The number of likely N-dealkylation sites (tertiary alicyclic amines) is 5. The fourth-order valence-corrected chi connectivity index (χ4v) is 20.8. The lowest BCUT2D eigenvalue weighted by Crippen LogP contribution is -2.28. The average Bonchev–Trinajstić information content (AvgIpc) is 1.61. The minimum Gasteiger partial charge on any atom is -0.382 e. The number of aromatic nitrogens is 19. The molecule has 141 heavy (non-hydrogen) atoms. The number of nitrogens with two attached hydrogens (primary N) is 5. The number of imidazole rings is 5. The van der Waals surface area contributed by atoms with Gasteiger partial charge in [-0.15, -0.1) is 0 Å². The number of aromatic amines is 5. The molecule has 20 aromatic rings. The van der Waals surface area contributed by atoms with Crippen LogP contribution in [-0.4, -0.2) is 163 Å². The molecular formula is C109H108FN29O2.